The number of fused-ring (bicyclic) bond motifs is 1. The molecule has 0 saturated carbocycles. The van der Waals surface area contributed by atoms with Crippen LogP contribution in [0.4, 0.5) is 5.69 Å². The lowest BCUT2D eigenvalue weighted by Gasteiger charge is -2.26. The van der Waals surface area contributed by atoms with E-state index < -0.39 is 0 Å². The van der Waals surface area contributed by atoms with Crippen LogP contribution < -0.4 is 10.6 Å². The van der Waals surface area contributed by atoms with Crippen LogP contribution in [0.5, 0.6) is 0 Å². The molecule has 0 unspecified atom stereocenters. The highest BCUT2D eigenvalue weighted by atomic mass is 35.5. The first-order valence-corrected chi connectivity index (χ1v) is 8.67. The largest absolute Gasteiger partial charge is 0.385 e. The summed E-state index contributed by atoms with van der Waals surface area (Å²) in [5.74, 6) is 0.0822. The van der Waals surface area contributed by atoms with Crippen molar-refractivity contribution in [2.75, 3.05) is 31.5 Å². The summed E-state index contributed by atoms with van der Waals surface area (Å²) < 4.78 is 0. The van der Waals surface area contributed by atoms with Crippen LogP contribution in [-0.4, -0.2) is 42.9 Å². The number of hydrogen-bond acceptors (Lipinski definition) is 3. The molecular formula is C18H26ClN3O2. The fourth-order valence-corrected chi connectivity index (χ4v) is 3.40. The van der Waals surface area contributed by atoms with Crippen molar-refractivity contribution >= 4 is 29.9 Å². The minimum Gasteiger partial charge on any atom is -0.385 e. The normalized spacial score (nSPS) is 16.4. The number of rotatable bonds is 4. The number of piperidine rings is 1. The summed E-state index contributed by atoms with van der Waals surface area (Å²) in [7, 11) is 0. The number of likely N-dealkylation sites (tertiary alicyclic amines) is 1. The van der Waals surface area contributed by atoms with Gasteiger partial charge in [0.15, 0.2) is 0 Å². The molecule has 0 aromatic heterocycles. The number of nitrogens with one attached hydrogen (secondary N) is 2. The number of carbonyl (C=O) groups is 2. The van der Waals surface area contributed by atoms with E-state index in [2.05, 4.69) is 10.6 Å². The molecule has 3 rings (SSSR count). The van der Waals surface area contributed by atoms with Crippen LogP contribution in [0.15, 0.2) is 18.2 Å². The molecule has 2 aliphatic heterocycles. The Morgan fingerprint density at radius 1 is 1.12 bits per heavy atom. The molecule has 2 heterocycles. The maximum Gasteiger partial charge on any atom is 0.251 e. The molecule has 24 heavy (non-hydrogen) atoms. The summed E-state index contributed by atoms with van der Waals surface area (Å²) in [6, 6.07) is 5.80. The van der Waals surface area contributed by atoms with Crippen molar-refractivity contribution in [3.63, 3.8) is 0 Å². The van der Waals surface area contributed by atoms with Crippen molar-refractivity contribution in [2.45, 2.75) is 38.5 Å². The standard InChI is InChI=1S/C18H25N3O2.ClH/c22-17(21-12-2-1-3-13-21)9-11-20-18(23)15-6-4-8-16-14(15)7-5-10-19-16;/h4,6,8,19H,1-3,5,7,9-13H2,(H,20,23);1H. The first kappa shape index (κ1) is 18.6. The van der Waals surface area contributed by atoms with Gasteiger partial charge in [-0.25, -0.2) is 0 Å². The zero-order valence-corrected chi connectivity index (χ0v) is 14.8. The minimum atomic E-state index is -0.0722. The number of anilines is 1. The van der Waals surface area contributed by atoms with Gasteiger partial charge in [-0.1, -0.05) is 6.07 Å². The van der Waals surface area contributed by atoms with Crippen molar-refractivity contribution in [1.29, 1.82) is 0 Å². The van der Waals surface area contributed by atoms with Crippen molar-refractivity contribution in [3.8, 4) is 0 Å². The van der Waals surface area contributed by atoms with Crippen LogP contribution in [0.2, 0.25) is 0 Å². The predicted octanol–water partition coefficient (Wildman–Crippen LogP) is 2.60. The maximum atomic E-state index is 12.4. The molecule has 0 aliphatic carbocycles. The Labute approximate surface area is 149 Å². The molecule has 0 spiro atoms. The van der Waals surface area contributed by atoms with Gasteiger partial charge in [-0.2, -0.15) is 0 Å². The van der Waals surface area contributed by atoms with Crippen LogP contribution in [0.1, 0.15) is 48.0 Å². The molecule has 0 radical (unpaired) electrons. The molecule has 1 aromatic rings. The Balaban J connectivity index is 0.00000208. The van der Waals surface area contributed by atoms with Gasteiger partial charge >= 0.3 is 0 Å². The number of carbonyl (C=O) groups excluding carboxylic acids is 2. The zero-order chi connectivity index (χ0) is 16.1. The summed E-state index contributed by atoms with van der Waals surface area (Å²) in [6.45, 7) is 3.10. The summed E-state index contributed by atoms with van der Waals surface area (Å²) in [5, 5.41) is 6.24. The predicted molar refractivity (Wildman–Crippen MR) is 97.9 cm³/mol. The van der Waals surface area contributed by atoms with Gasteiger partial charge in [0.25, 0.3) is 5.91 Å². The highest BCUT2D eigenvalue weighted by Gasteiger charge is 2.19. The second-order valence-corrected chi connectivity index (χ2v) is 6.31. The van der Waals surface area contributed by atoms with Gasteiger partial charge in [0.2, 0.25) is 5.91 Å². The van der Waals surface area contributed by atoms with Crippen molar-refractivity contribution < 1.29 is 9.59 Å². The second-order valence-electron chi connectivity index (χ2n) is 6.31. The van der Waals surface area contributed by atoms with Gasteiger partial charge in [0.05, 0.1) is 0 Å². The van der Waals surface area contributed by atoms with E-state index in [-0.39, 0.29) is 24.2 Å². The highest BCUT2D eigenvalue weighted by Crippen LogP contribution is 2.25. The van der Waals surface area contributed by atoms with Crippen LogP contribution in [0, 0.1) is 0 Å². The Hall–Kier alpha value is -1.75. The van der Waals surface area contributed by atoms with Crippen LogP contribution in [-0.2, 0) is 11.2 Å². The third kappa shape index (κ3) is 4.41. The SMILES string of the molecule is Cl.O=C(NCCC(=O)N1CCCCC1)c1cccc2c1CCCN2. The average Bonchev–Trinajstić information content (AvgIpc) is 2.61. The first-order valence-electron chi connectivity index (χ1n) is 8.67. The van der Waals surface area contributed by atoms with Gasteiger partial charge in [-0.15, -0.1) is 12.4 Å². The molecule has 2 amide bonds. The lowest BCUT2D eigenvalue weighted by Crippen LogP contribution is -2.38. The van der Waals surface area contributed by atoms with Gasteiger partial charge in [0, 0.05) is 43.9 Å². The highest BCUT2D eigenvalue weighted by molar-refractivity contribution is 5.97. The molecule has 0 bridgehead atoms. The number of amides is 2. The average molecular weight is 352 g/mol. The Morgan fingerprint density at radius 2 is 1.92 bits per heavy atom. The molecule has 2 aliphatic rings. The number of benzene rings is 1. The Kier molecular flexibility index (Phi) is 6.91. The van der Waals surface area contributed by atoms with Gasteiger partial charge < -0.3 is 15.5 Å². The van der Waals surface area contributed by atoms with Crippen LogP contribution in [0.25, 0.3) is 0 Å². The fourth-order valence-electron chi connectivity index (χ4n) is 3.40. The van der Waals surface area contributed by atoms with E-state index in [0.717, 1.165) is 62.1 Å². The molecular weight excluding hydrogens is 326 g/mol. The maximum absolute atomic E-state index is 12.4. The number of halogens is 1. The Morgan fingerprint density at radius 3 is 2.71 bits per heavy atom. The van der Waals surface area contributed by atoms with Crippen molar-refractivity contribution in [2.24, 2.45) is 0 Å². The van der Waals surface area contributed by atoms with E-state index in [9.17, 15) is 9.59 Å². The van der Waals surface area contributed by atoms with E-state index >= 15 is 0 Å². The third-order valence-electron chi connectivity index (χ3n) is 4.67. The monoisotopic (exact) mass is 351 g/mol. The molecule has 1 saturated heterocycles. The quantitative estimate of drug-likeness (QED) is 0.876. The van der Waals surface area contributed by atoms with E-state index in [4.69, 9.17) is 0 Å². The molecule has 1 aromatic carbocycles. The van der Waals surface area contributed by atoms with Crippen LogP contribution in [0.3, 0.4) is 0 Å². The summed E-state index contributed by atoms with van der Waals surface area (Å²) >= 11 is 0. The molecule has 2 N–H and O–H groups in total. The number of hydrogen-bond donors (Lipinski definition) is 2. The lowest BCUT2D eigenvalue weighted by atomic mass is 9.97. The van der Waals surface area contributed by atoms with Crippen molar-refractivity contribution in [1.82, 2.24) is 10.2 Å². The molecule has 5 nitrogen and oxygen atoms in total. The third-order valence-corrected chi connectivity index (χ3v) is 4.67. The van der Waals surface area contributed by atoms with Crippen LogP contribution >= 0.6 is 12.4 Å². The van der Waals surface area contributed by atoms with E-state index in [1.54, 1.807) is 0 Å². The van der Waals surface area contributed by atoms with E-state index in [1.807, 2.05) is 23.1 Å². The van der Waals surface area contributed by atoms with E-state index in [1.165, 1.54) is 6.42 Å². The zero-order valence-electron chi connectivity index (χ0n) is 14.0. The number of nitrogens with zero attached hydrogens (tertiary/aromatic N) is 1. The summed E-state index contributed by atoms with van der Waals surface area (Å²) in [4.78, 5) is 26.4. The summed E-state index contributed by atoms with van der Waals surface area (Å²) in [5.41, 5.74) is 2.90. The smallest absolute Gasteiger partial charge is 0.251 e. The second kappa shape index (κ2) is 8.92. The van der Waals surface area contributed by atoms with Crippen molar-refractivity contribution in [3.05, 3.63) is 29.3 Å². The van der Waals surface area contributed by atoms with E-state index in [0.29, 0.717) is 13.0 Å². The van der Waals surface area contributed by atoms with Gasteiger partial charge in [0.1, 0.15) is 0 Å². The van der Waals surface area contributed by atoms with Gasteiger partial charge in [-0.05, 0) is 49.8 Å². The minimum absolute atomic E-state index is 0. The topological polar surface area (TPSA) is 61.4 Å². The Bertz CT molecular complexity index is 586. The lowest BCUT2D eigenvalue weighted by molar-refractivity contribution is -0.131. The summed E-state index contributed by atoms with van der Waals surface area (Å²) in [6.07, 6.45) is 5.78. The molecule has 0 atom stereocenters. The first-order chi connectivity index (χ1) is 11.3. The molecule has 6 heteroatoms. The molecule has 1 fully saturated rings. The molecule has 132 valence electrons. The fraction of sp³-hybridized carbons (Fsp3) is 0.556. The van der Waals surface area contributed by atoms with Gasteiger partial charge in [-0.3, -0.25) is 9.59 Å².